The molecule has 0 amide bonds. The monoisotopic (exact) mass is 419 g/mol. The van der Waals surface area contributed by atoms with E-state index in [0.717, 1.165) is 22.1 Å². The zero-order valence-electron chi connectivity index (χ0n) is 14.6. The molecule has 0 saturated heterocycles. The van der Waals surface area contributed by atoms with Gasteiger partial charge in [0.2, 0.25) is 0 Å². The summed E-state index contributed by atoms with van der Waals surface area (Å²) in [4.78, 5) is 28.0. The normalized spacial score (nSPS) is 12.0. The van der Waals surface area contributed by atoms with Gasteiger partial charge in [-0.2, -0.15) is 18.3 Å². The third kappa shape index (κ3) is 3.58. The molecule has 148 valence electrons. The maximum absolute atomic E-state index is 13.2. The number of fused-ring (bicyclic) bond motifs is 2. The minimum atomic E-state index is -4.54. The van der Waals surface area contributed by atoms with Crippen molar-refractivity contribution in [3.05, 3.63) is 69.1 Å². The van der Waals surface area contributed by atoms with Gasteiger partial charge in [0.05, 0.1) is 39.8 Å². The van der Waals surface area contributed by atoms with Crippen LogP contribution in [0.3, 0.4) is 0 Å². The number of hydrogen-bond donors (Lipinski definition) is 1. The SMILES string of the molecule is O=C(O)Cc1nn(Cc2nc3c(C(F)(F)F)cccc3s2)c(=O)c2ccccc12. The molecule has 2 heterocycles. The number of benzene rings is 2. The number of halogens is 3. The number of alkyl halides is 3. The highest BCUT2D eigenvalue weighted by molar-refractivity contribution is 7.18. The van der Waals surface area contributed by atoms with Crippen LogP contribution in [0.2, 0.25) is 0 Å². The van der Waals surface area contributed by atoms with E-state index >= 15 is 0 Å². The van der Waals surface area contributed by atoms with E-state index in [1.54, 1.807) is 24.3 Å². The summed E-state index contributed by atoms with van der Waals surface area (Å²) in [5.74, 6) is -1.11. The second-order valence-electron chi connectivity index (χ2n) is 6.28. The molecule has 0 spiro atoms. The van der Waals surface area contributed by atoms with Gasteiger partial charge in [0.1, 0.15) is 5.01 Å². The molecule has 29 heavy (non-hydrogen) atoms. The van der Waals surface area contributed by atoms with E-state index in [9.17, 15) is 22.8 Å². The molecule has 0 unspecified atom stereocenters. The lowest BCUT2D eigenvalue weighted by Crippen LogP contribution is -2.26. The van der Waals surface area contributed by atoms with E-state index in [4.69, 9.17) is 5.11 Å². The molecule has 0 saturated carbocycles. The number of aromatic nitrogens is 3. The van der Waals surface area contributed by atoms with E-state index < -0.39 is 29.7 Å². The van der Waals surface area contributed by atoms with E-state index in [1.807, 2.05) is 0 Å². The number of carboxylic acid groups (broad SMARTS) is 1. The predicted octanol–water partition coefficient (Wildman–Crippen LogP) is 3.70. The smallest absolute Gasteiger partial charge is 0.418 e. The average molecular weight is 419 g/mol. The molecule has 4 aromatic rings. The van der Waals surface area contributed by atoms with Gasteiger partial charge in [-0.3, -0.25) is 9.59 Å². The van der Waals surface area contributed by atoms with Crippen molar-refractivity contribution in [1.29, 1.82) is 0 Å². The van der Waals surface area contributed by atoms with Crippen LogP contribution in [-0.4, -0.2) is 25.8 Å². The largest absolute Gasteiger partial charge is 0.481 e. The fourth-order valence-electron chi connectivity index (χ4n) is 3.11. The maximum atomic E-state index is 13.2. The van der Waals surface area contributed by atoms with Crippen molar-refractivity contribution < 1.29 is 23.1 Å². The summed E-state index contributed by atoms with van der Waals surface area (Å²) >= 11 is 1.03. The first kappa shape index (κ1) is 19.1. The van der Waals surface area contributed by atoms with Crippen molar-refractivity contribution in [3.63, 3.8) is 0 Å². The van der Waals surface area contributed by atoms with Crippen LogP contribution in [0.15, 0.2) is 47.3 Å². The molecular formula is C19H12F3N3O3S. The lowest BCUT2D eigenvalue weighted by Gasteiger charge is -2.09. The highest BCUT2D eigenvalue weighted by Crippen LogP contribution is 2.36. The van der Waals surface area contributed by atoms with Crippen LogP contribution in [-0.2, 0) is 23.9 Å². The number of para-hydroxylation sites is 1. The number of aliphatic carboxylic acids is 1. The molecule has 0 aliphatic carbocycles. The number of rotatable bonds is 4. The Kier molecular flexibility index (Phi) is 4.58. The van der Waals surface area contributed by atoms with Crippen LogP contribution in [0, 0.1) is 0 Å². The summed E-state index contributed by atoms with van der Waals surface area (Å²) in [6.07, 6.45) is -4.93. The number of nitrogens with zero attached hydrogens (tertiary/aromatic N) is 3. The molecule has 2 aromatic carbocycles. The molecule has 0 aliphatic heterocycles. The van der Waals surface area contributed by atoms with E-state index in [0.29, 0.717) is 10.1 Å². The lowest BCUT2D eigenvalue weighted by molar-refractivity contribution is -0.137. The van der Waals surface area contributed by atoms with Crippen molar-refractivity contribution in [2.75, 3.05) is 0 Å². The second kappa shape index (κ2) is 6.96. The van der Waals surface area contributed by atoms with Crippen LogP contribution in [0.4, 0.5) is 13.2 Å². The Morgan fingerprint density at radius 3 is 2.52 bits per heavy atom. The van der Waals surface area contributed by atoms with Crippen molar-refractivity contribution in [2.45, 2.75) is 19.1 Å². The van der Waals surface area contributed by atoms with Gasteiger partial charge in [0.15, 0.2) is 0 Å². The third-order valence-electron chi connectivity index (χ3n) is 4.32. The molecule has 2 aromatic heterocycles. The Labute approximate surface area is 164 Å². The molecule has 10 heteroatoms. The van der Waals surface area contributed by atoms with Crippen LogP contribution in [0.1, 0.15) is 16.3 Å². The summed E-state index contributed by atoms with van der Waals surface area (Å²) in [5.41, 5.74) is -1.29. The Balaban J connectivity index is 1.83. The molecule has 0 fully saturated rings. The first-order chi connectivity index (χ1) is 13.7. The van der Waals surface area contributed by atoms with Crippen molar-refractivity contribution in [1.82, 2.24) is 14.8 Å². The molecule has 1 N–H and O–H groups in total. The molecule has 4 rings (SSSR count). The van der Waals surface area contributed by atoms with Crippen molar-refractivity contribution >= 4 is 38.3 Å². The van der Waals surface area contributed by atoms with Crippen LogP contribution in [0.25, 0.3) is 21.0 Å². The Morgan fingerprint density at radius 2 is 1.83 bits per heavy atom. The first-order valence-corrected chi connectivity index (χ1v) is 9.22. The lowest BCUT2D eigenvalue weighted by atomic mass is 10.1. The highest BCUT2D eigenvalue weighted by Gasteiger charge is 2.33. The summed E-state index contributed by atoms with van der Waals surface area (Å²) in [7, 11) is 0. The highest BCUT2D eigenvalue weighted by atomic mass is 32.1. The van der Waals surface area contributed by atoms with Crippen molar-refractivity contribution in [3.8, 4) is 0 Å². The molecule has 0 atom stereocenters. The van der Waals surface area contributed by atoms with Gasteiger partial charge >= 0.3 is 12.1 Å². The Hall–Kier alpha value is -3.27. The van der Waals surface area contributed by atoms with Gasteiger partial charge < -0.3 is 5.11 Å². The zero-order valence-corrected chi connectivity index (χ0v) is 15.4. The summed E-state index contributed by atoms with van der Waals surface area (Å²) < 4.78 is 41.0. The summed E-state index contributed by atoms with van der Waals surface area (Å²) in [6, 6.07) is 10.3. The zero-order chi connectivity index (χ0) is 20.8. The molecule has 0 aliphatic rings. The van der Waals surface area contributed by atoms with Gasteiger partial charge in [-0.25, -0.2) is 9.67 Å². The van der Waals surface area contributed by atoms with Crippen molar-refractivity contribution in [2.24, 2.45) is 0 Å². The second-order valence-corrected chi connectivity index (χ2v) is 7.40. The molecule has 0 bridgehead atoms. The minimum absolute atomic E-state index is 0.160. The van der Waals surface area contributed by atoms with Gasteiger partial charge in [-0.1, -0.05) is 24.3 Å². The first-order valence-electron chi connectivity index (χ1n) is 8.40. The third-order valence-corrected chi connectivity index (χ3v) is 5.32. The standard InChI is InChI=1S/C19H12F3N3O3S/c20-19(21,22)12-6-3-7-14-17(12)23-15(29-14)9-25-18(28)11-5-2-1-4-10(11)13(24-25)8-16(26)27/h1-7H,8-9H2,(H,26,27). The Morgan fingerprint density at radius 1 is 1.10 bits per heavy atom. The van der Waals surface area contributed by atoms with Gasteiger partial charge in [0, 0.05) is 5.39 Å². The average Bonchev–Trinajstić information content (AvgIpc) is 3.06. The number of thiazole rings is 1. The van der Waals surface area contributed by atoms with Gasteiger partial charge in [0.25, 0.3) is 5.56 Å². The van der Waals surface area contributed by atoms with E-state index in [1.165, 1.54) is 12.1 Å². The minimum Gasteiger partial charge on any atom is -0.481 e. The van der Waals surface area contributed by atoms with Gasteiger partial charge in [-0.05, 0) is 18.2 Å². The number of carbonyl (C=O) groups is 1. The fraction of sp³-hybridized carbons (Fsp3) is 0.158. The van der Waals surface area contributed by atoms with E-state index in [-0.39, 0.29) is 28.1 Å². The number of hydrogen-bond acceptors (Lipinski definition) is 5. The molecule has 6 nitrogen and oxygen atoms in total. The topological polar surface area (TPSA) is 85.1 Å². The summed E-state index contributed by atoms with van der Waals surface area (Å²) in [5, 5.41) is 14.3. The van der Waals surface area contributed by atoms with Gasteiger partial charge in [-0.15, -0.1) is 11.3 Å². The quantitative estimate of drug-likeness (QED) is 0.545. The summed E-state index contributed by atoms with van der Waals surface area (Å²) in [6.45, 7) is -0.160. The van der Waals surface area contributed by atoms with Crippen LogP contribution < -0.4 is 5.56 Å². The maximum Gasteiger partial charge on any atom is 0.418 e. The van der Waals surface area contributed by atoms with Crippen LogP contribution >= 0.6 is 11.3 Å². The molecular weight excluding hydrogens is 407 g/mol. The molecule has 0 radical (unpaired) electrons. The Bertz CT molecular complexity index is 1310. The van der Waals surface area contributed by atoms with Crippen LogP contribution in [0.5, 0.6) is 0 Å². The number of carboxylic acids is 1. The fourth-order valence-corrected chi connectivity index (χ4v) is 4.08. The predicted molar refractivity (Wildman–Crippen MR) is 101 cm³/mol. The van der Waals surface area contributed by atoms with E-state index in [2.05, 4.69) is 10.1 Å².